The van der Waals surface area contributed by atoms with E-state index >= 15 is 0 Å². The fourth-order valence-electron chi connectivity index (χ4n) is 3.25. The molecule has 4 aromatic carbocycles. The van der Waals surface area contributed by atoms with Gasteiger partial charge in [0.15, 0.2) is 0 Å². The number of aromatic nitrogens is 3. The minimum Gasteiger partial charge on any atom is -0.425 e. The SMILES string of the molecule is S=c1nc(Oc2ccc(Nc3ccccc3)cc2)[nH]c(Oc2ccc(Nc3ccccc3)cc2)n1. The molecule has 1 heterocycles. The molecule has 8 heteroatoms. The van der Waals surface area contributed by atoms with E-state index in [0.717, 1.165) is 22.7 Å². The highest BCUT2D eigenvalue weighted by atomic mass is 32.1. The van der Waals surface area contributed by atoms with E-state index in [1.165, 1.54) is 0 Å². The lowest BCUT2D eigenvalue weighted by molar-refractivity contribution is 0.395. The lowest BCUT2D eigenvalue weighted by Crippen LogP contribution is -1.99. The Hall–Kier alpha value is -4.69. The van der Waals surface area contributed by atoms with Crippen LogP contribution in [-0.2, 0) is 0 Å². The number of aromatic amines is 1. The van der Waals surface area contributed by atoms with Crippen LogP contribution in [0.25, 0.3) is 0 Å². The summed E-state index contributed by atoms with van der Waals surface area (Å²) in [6, 6.07) is 35.3. The molecule has 0 amide bonds. The third kappa shape index (κ3) is 6.21. The van der Waals surface area contributed by atoms with Gasteiger partial charge in [-0.15, -0.1) is 0 Å². The summed E-state index contributed by atoms with van der Waals surface area (Å²) in [5.74, 6) is 1.19. The number of ether oxygens (including phenoxy) is 2. The molecule has 5 aromatic rings. The number of anilines is 4. The molecule has 0 spiro atoms. The van der Waals surface area contributed by atoms with Crippen molar-refractivity contribution >= 4 is 35.0 Å². The lowest BCUT2D eigenvalue weighted by Gasteiger charge is -2.10. The van der Waals surface area contributed by atoms with Crippen LogP contribution in [0.2, 0.25) is 0 Å². The lowest BCUT2D eigenvalue weighted by atomic mass is 10.2. The monoisotopic (exact) mass is 479 g/mol. The molecule has 3 N–H and O–H groups in total. The molecule has 5 rings (SSSR count). The van der Waals surface area contributed by atoms with Gasteiger partial charge in [-0.05, 0) is 85.0 Å². The highest BCUT2D eigenvalue weighted by molar-refractivity contribution is 7.71. The Bertz CT molecular complexity index is 1330. The Balaban J connectivity index is 1.24. The van der Waals surface area contributed by atoms with E-state index < -0.39 is 0 Å². The van der Waals surface area contributed by atoms with Crippen molar-refractivity contribution in [1.29, 1.82) is 0 Å². The molecule has 0 fully saturated rings. The maximum absolute atomic E-state index is 5.84. The van der Waals surface area contributed by atoms with Crippen molar-refractivity contribution in [1.82, 2.24) is 15.0 Å². The molecule has 0 aliphatic heterocycles. The van der Waals surface area contributed by atoms with Crippen LogP contribution in [0.15, 0.2) is 109 Å². The van der Waals surface area contributed by atoms with Crippen molar-refractivity contribution in [2.24, 2.45) is 0 Å². The number of hydrogen-bond acceptors (Lipinski definition) is 7. The predicted octanol–water partition coefficient (Wildman–Crippen LogP) is 7.61. The summed E-state index contributed by atoms with van der Waals surface area (Å²) in [4.78, 5) is 11.2. The number of H-pyrrole nitrogens is 1. The summed E-state index contributed by atoms with van der Waals surface area (Å²) in [7, 11) is 0. The molecule has 1 aromatic heterocycles. The van der Waals surface area contributed by atoms with E-state index in [2.05, 4.69) is 25.6 Å². The average Bonchev–Trinajstić information content (AvgIpc) is 2.87. The molecule has 0 aliphatic carbocycles. The first-order valence-electron chi connectivity index (χ1n) is 10.9. The minimum atomic E-state index is 0.110. The second-order valence-electron chi connectivity index (χ2n) is 7.48. The highest BCUT2D eigenvalue weighted by Crippen LogP contribution is 2.26. The number of rotatable bonds is 8. The van der Waals surface area contributed by atoms with Crippen LogP contribution in [-0.4, -0.2) is 15.0 Å². The van der Waals surface area contributed by atoms with Crippen molar-refractivity contribution in [3.63, 3.8) is 0 Å². The number of hydrogen-bond donors (Lipinski definition) is 3. The summed E-state index contributed by atoms with van der Waals surface area (Å²) in [6.45, 7) is 0. The molecular weight excluding hydrogens is 458 g/mol. The van der Waals surface area contributed by atoms with Crippen LogP contribution < -0.4 is 20.1 Å². The largest absolute Gasteiger partial charge is 0.425 e. The van der Waals surface area contributed by atoms with E-state index in [-0.39, 0.29) is 16.8 Å². The zero-order valence-electron chi connectivity index (χ0n) is 18.5. The second kappa shape index (κ2) is 10.5. The van der Waals surface area contributed by atoms with Gasteiger partial charge in [0, 0.05) is 22.7 Å². The van der Waals surface area contributed by atoms with Gasteiger partial charge in [0.2, 0.25) is 4.77 Å². The predicted molar refractivity (Wildman–Crippen MR) is 140 cm³/mol. The van der Waals surface area contributed by atoms with Gasteiger partial charge in [0.25, 0.3) is 0 Å². The van der Waals surface area contributed by atoms with Crippen molar-refractivity contribution < 1.29 is 9.47 Å². The second-order valence-corrected chi connectivity index (χ2v) is 7.84. The number of nitrogens with one attached hydrogen (secondary N) is 3. The van der Waals surface area contributed by atoms with Crippen LogP contribution in [0.4, 0.5) is 22.7 Å². The van der Waals surface area contributed by atoms with E-state index in [1.807, 2.05) is 109 Å². The fourth-order valence-corrected chi connectivity index (χ4v) is 3.42. The Kier molecular flexibility index (Phi) is 6.63. The first kappa shape index (κ1) is 22.1. The van der Waals surface area contributed by atoms with Gasteiger partial charge < -0.3 is 20.1 Å². The molecule has 0 radical (unpaired) electrons. The third-order valence-electron chi connectivity index (χ3n) is 4.87. The van der Waals surface area contributed by atoms with Gasteiger partial charge in [-0.3, -0.25) is 4.98 Å². The topological polar surface area (TPSA) is 84.1 Å². The van der Waals surface area contributed by atoms with Gasteiger partial charge in [-0.1, -0.05) is 36.4 Å². The van der Waals surface area contributed by atoms with Crippen LogP contribution in [0, 0.1) is 4.77 Å². The van der Waals surface area contributed by atoms with Crippen molar-refractivity contribution in [2.45, 2.75) is 0 Å². The highest BCUT2D eigenvalue weighted by Gasteiger charge is 2.07. The Labute approximate surface area is 207 Å². The number of nitrogens with zero attached hydrogens (tertiary/aromatic N) is 2. The molecule has 0 aliphatic rings. The summed E-state index contributed by atoms with van der Waals surface area (Å²) in [5.41, 5.74) is 3.89. The Morgan fingerprint density at radius 1 is 0.514 bits per heavy atom. The first-order chi connectivity index (χ1) is 17.2. The molecule has 0 unspecified atom stereocenters. The van der Waals surface area contributed by atoms with E-state index in [0.29, 0.717) is 11.5 Å². The van der Waals surface area contributed by atoms with Crippen LogP contribution in [0.1, 0.15) is 0 Å². The Morgan fingerprint density at radius 3 is 1.29 bits per heavy atom. The molecule has 0 saturated heterocycles. The van der Waals surface area contributed by atoms with E-state index in [1.54, 1.807) is 0 Å². The zero-order chi connectivity index (χ0) is 23.9. The van der Waals surface area contributed by atoms with Gasteiger partial charge in [-0.2, -0.15) is 9.97 Å². The quantitative estimate of drug-likeness (QED) is 0.198. The Morgan fingerprint density at radius 2 is 0.886 bits per heavy atom. The van der Waals surface area contributed by atoms with Gasteiger partial charge >= 0.3 is 12.0 Å². The van der Waals surface area contributed by atoms with Gasteiger partial charge in [0.1, 0.15) is 11.5 Å². The standard InChI is InChI=1S/C27H21N5O2S/c35-27-31-25(33-23-15-11-21(12-16-23)28-19-7-3-1-4-8-19)30-26(32-27)34-24-17-13-22(14-18-24)29-20-9-5-2-6-10-20/h1-18,28-29H,(H,30,31,32,35). The van der Waals surface area contributed by atoms with Crippen molar-refractivity contribution in [3.8, 4) is 23.5 Å². The molecule has 7 nitrogen and oxygen atoms in total. The molecule has 35 heavy (non-hydrogen) atoms. The maximum atomic E-state index is 5.84. The summed E-state index contributed by atoms with van der Waals surface area (Å²) in [5, 5.41) is 6.66. The van der Waals surface area contributed by atoms with E-state index in [4.69, 9.17) is 21.7 Å². The van der Waals surface area contributed by atoms with Crippen LogP contribution >= 0.6 is 12.2 Å². The molecule has 0 atom stereocenters. The smallest absolute Gasteiger partial charge is 0.305 e. The summed E-state index contributed by atoms with van der Waals surface area (Å²) < 4.78 is 11.8. The molecule has 0 bridgehead atoms. The fraction of sp³-hybridized carbons (Fsp3) is 0. The van der Waals surface area contributed by atoms with E-state index in [9.17, 15) is 0 Å². The zero-order valence-corrected chi connectivity index (χ0v) is 19.3. The summed E-state index contributed by atoms with van der Waals surface area (Å²) in [6.07, 6.45) is 0. The molecular formula is C27H21N5O2S. The maximum Gasteiger partial charge on any atom is 0.305 e. The number of benzene rings is 4. The molecule has 172 valence electrons. The minimum absolute atomic E-state index is 0.110. The van der Waals surface area contributed by atoms with Crippen LogP contribution in [0.3, 0.4) is 0 Å². The molecule has 0 saturated carbocycles. The van der Waals surface area contributed by atoms with Gasteiger partial charge in [-0.25, -0.2) is 0 Å². The summed E-state index contributed by atoms with van der Waals surface area (Å²) >= 11 is 5.18. The van der Waals surface area contributed by atoms with Gasteiger partial charge in [0.05, 0.1) is 0 Å². The van der Waals surface area contributed by atoms with Crippen LogP contribution in [0.5, 0.6) is 23.5 Å². The third-order valence-corrected chi connectivity index (χ3v) is 5.05. The average molecular weight is 480 g/mol. The van der Waals surface area contributed by atoms with Crippen molar-refractivity contribution in [3.05, 3.63) is 114 Å². The normalized spacial score (nSPS) is 10.4. The van der Waals surface area contributed by atoms with Crippen molar-refractivity contribution in [2.75, 3.05) is 10.6 Å². The number of para-hydroxylation sites is 2. The first-order valence-corrected chi connectivity index (χ1v) is 11.3.